The van der Waals surface area contributed by atoms with Gasteiger partial charge in [-0.05, 0) is 32.1 Å². The number of hydrogen-bond acceptors (Lipinski definition) is 4. The molecule has 1 saturated heterocycles. The highest BCUT2D eigenvalue weighted by Gasteiger charge is 2.17. The van der Waals surface area contributed by atoms with E-state index in [1.807, 2.05) is 7.05 Å². The summed E-state index contributed by atoms with van der Waals surface area (Å²) < 4.78 is 0. The van der Waals surface area contributed by atoms with Gasteiger partial charge in [-0.3, -0.25) is 0 Å². The zero-order valence-corrected chi connectivity index (χ0v) is 11.7. The standard InChI is InChI=1S/C14H24N4/c1-4-17-7-9-18(10-8-17)14-6-5-13(11-15-3)12(2)16-14/h5-6,15H,4,7-11H2,1-3H3. The van der Waals surface area contributed by atoms with Crippen molar-refractivity contribution in [1.29, 1.82) is 0 Å². The quantitative estimate of drug-likeness (QED) is 0.869. The molecule has 0 aromatic carbocycles. The lowest BCUT2D eigenvalue weighted by molar-refractivity contribution is 0.270. The molecule has 2 heterocycles. The lowest BCUT2D eigenvalue weighted by atomic mass is 10.2. The molecule has 0 amide bonds. The second kappa shape index (κ2) is 6.16. The Bertz CT molecular complexity index is 383. The monoisotopic (exact) mass is 248 g/mol. The van der Waals surface area contributed by atoms with Gasteiger partial charge >= 0.3 is 0 Å². The highest BCUT2D eigenvalue weighted by molar-refractivity contribution is 5.42. The van der Waals surface area contributed by atoms with Crippen LogP contribution in [0.5, 0.6) is 0 Å². The molecule has 0 saturated carbocycles. The summed E-state index contributed by atoms with van der Waals surface area (Å²) in [6.07, 6.45) is 0. The minimum Gasteiger partial charge on any atom is -0.354 e. The van der Waals surface area contributed by atoms with Gasteiger partial charge in [0.2, 0.25) is 0 Å². The Kier molecular flexibility index (Phi) is 4.55. The second-order valence-electron chi connectivity index (χ2n) is 4.87. The van der Waals surface area contributed by atoms with E-state index in [1.165, 1.54) is 5.56 Å². The van der Waals surface area contributed by atoms with Gasteiger partial charge in [0, 0.05) is 38.4 Å². The molecule has 1 fully saturated rings. The molecule has 0 aliphatic carbocycles. The smallest absolute Gasteiger partial charge is 0.128 e. The van der Waals surface area contributed by atoms with Gasteiger partial charge < -0.3 is 15.1 Å². The third-order valence-corrected chi connectivity index (χ3v) is 3.69. The Balaban J connectivity index is 2.03. The molecule has 2 rings (SSSR count). The molecule has 1 aromatic rings. The van der Waals surface area contributed by atoms with E-state index < -0.39 is 0 Å². The predicted octanol–water partition coefficient (Wildman–Crippen LogP) is 1.25. The molecular weight excluding hydrogens is 224 g/mol. The van der Waals surface area contributed by atoms with Crippen LogP contribution in [0.25, 0.3) is 0 Å². The summed E-state index contributed by atoms with van der Waals surface area (Å²) in [6.45, 7) is 10.8. The van der Waals surface area contributed by atoms with Crippen molar-refractivity contribution in [2.75, 3.05) is 44.7 Å². The van der Waals surface area contributed by atoms with Crippen molar-refractivity contribution in [3.05, 3.63) is 23.4 Å². The van der Waals surface area contributed by atoms with E-state index in [0.29, 0.717) is 0 Å². The van der Waals surface area contributed by atoms with Crippen LogP contribution in [0.2, 0.25) is 0 Å². The lowest BCUT2D eigenvalue weighted by Crippen LogP contribution is -2.46. The number of nitrogens with one attached hydrogen (secondary N) is 1. The number of pyridine rings is 1. The summed E-state index contributed by atoms with van der Waals surface area (Å²) >= 11 is 0. The molecule has 18 heavy (non-hydrogen) atoms. The van der Waals surface area contributed by atoms with Gasteiger partial charge in [0.15, 0.2) is 0 Å². The fraction of sp³-hybridized carbons (Fsp3) is 0.643. The normalized spacial score (nSPS) is 17.2. The van der Waals surface area contributed by atoms with Gasteiger partial charge in [0.05, 0.1) is 0 Å². The molecule has 4 nitrogen and oxygen atoms in total. The zero-order chi connectivity index (χ0) is 13.0. The maximum atomic E-state index is 4.73. The molecule has 0 bridgehead atoms. The van der Waals surface area contributed by atoms with E-state index >= 15 is 0 Å². The molecule has 1 aliphatic rings. The number of piperazine rings is 1. The largest absolute Gasteiger partial charge is 0.354 e. The summed E-state index contributed by atoms with van der Waals surface area (Å²) in [7, 11) is 1.97. The van der Waals surface area contributed by atoms with Crippen LogP contribution in [0.15, 0.2) is 12.1 Å². The van der Waals surface area contributed by atoms with Crippen LogP contribution in [0.4, 0.5) is 5.82 Å². The average molecular weight is 248 g/mol. The Hall–Kier alpha value is -1.13. The van der Waals surface area contributed by atoms with Crippen molar-refractivity contribution < 1.29 is 0 Å². The minimum absolute atomic E-state index is 0.892. The van der Waals surface area contributed by atoms with E-state index in [-0.39, 0.29) is 0 Å². The predicted molar refractivity (Wildman–Crippen MR) is 76.1 cm³/mol. The Morgan fingerprint density at radius 1 is 1.22 bits per heavy atom. The topological polar surface area (TPSA) is 31.4 Å². The first-order valence-electron chi connectivity index (χ1n) is 6.83. The number of hydrogen-bond donors (Lipinski definition) is 1. The van der Waals surface area contributed by atoms with Crippen molar-refractivity contribution in [2.24, 2.45) is 0 Å². The van der Waals surface area contributed by atoms with Crippen molar-refractivity contribution in [3.63, 3.8) is 0 Å². The molecule has 0 spiro atoms. The van der Waals surface area contributed by atoms with E-state index in [9.17, 15) is 0 Å². The van der Waals surface area contributed by atoms with Gasteiger partial charge in [0.1, 0.15) is 5.82 Å². The Morgan fingerprint density at radius 3 is 2.50 bits per heavy atom. The molecule has 1 aliphatic heterocycles. The highest BCUT2D eigenvalue weighted by Crippen LogP contribution is 2.16. The highest BCUT2D eigenvalue weighted by atomic mass is 15.3. The van der Waals surface area contributed by atoms with Crippen molar-refractivity contribution in [3.8, 4) is 0 Å². The van der Waals surface area contributed by atoms with Crippen molar-refractivity contribution >= 4 is 5.82 Å². The summed E-state index contributed by atoms with van der Waals surface area (Å²) in [5, 5.41) is 3.18. The summed E-state index contributed by atoms with van der Waals surface area (Å²) in [4.78, 5) is 9.61. The van der Waals surface area contributed by atoms with Gasteiger partial charge in [-0.15, -0.1) is 0 Å². The fourth-order valence-electron chi connectivity index (χ4n) is 2.42. The molecule has 1 N–H and O–H groups in total. The van der Waals surface area contributed by atoms with Crippen molar-refractivity contribution in [1.82, 2.24) is 15.2 Å². The Morgan fingerprint density at radius 2 is 1.94 bits per heavy atom. The van der Waals surface area contributed by atoms with Crippen molar-refractivity contribution in [2.45, 2.75) is 20.4 Å². The number of aryl methyl sites for hydroxylation is 1. The van der Waals surface area contributed by atoms with Crippen LogP contribution in [0.3, 0.4) is 0 Å². The summed E-state index contributed by atoms with van der Waals surface area (Å²) in [5.41, 5.74) is 2.42. The van der Waals surface area contributed by atoms with E-state index in [1.54, 1.807) is 0 Å². The number of anilines is 1. The summed E-state index contributed by atoms with van der Waals surface area (Å²) in [6, 6.07) is 4.35. The minimum atomic E-state index is 0.892. The first-order chi connectivity index (χ1) is 8.74. The summed E-state index contributed by atoms with van der Waals surface area (Å²) in [5.74, 6) is 1.13. The fourth-order valence-corrected chi connectivity index (χ4v) is 2.42. The van der Waals surface area contributed by atoms with E-state index in [0.717, 1.165) is 50.8 Å². The first-order valence-corrected chi connectivity index (χ1v) is 6.83. The lowest BCUT2D eigenvalue weighted by Gasteiger charge is -2.35. The second-order valence-corrected chi connectivity index (χ2v) is 4.87. The number of aromatic nitrogens is 1. The molecule has 0 atom stereocenters. The molecule has 4 heteroatoms. The van der Waals surface area contributed by atoms with Crippen LogP contribution >= 0.6 is 0 Å². The molecule has 0 unspecified atom stereocenters. The van der Waals surface area contributed by atoms with Crippen LogP contribution in [0, 0.1) is 6.92 Å². The number of likely N-dealkylation sites (N-methyl/N-ethyl adjacent to an activating group) is 1. The van der Waals surface area contributed by atoms with Gasteiger partial charge in [-0.25, -0.2) is 4.98 Å². The SMILES string of the molecule is CCN1CCN(c2ccc(CNC)c(C)n2)CC1. The molecule has 1 aromatic heterocycles. The number of rotatable bonds is 4. The molecule has 0 radical (unpaired) electrons. The van der Waals surface area contributed by atoms with Crippen LogP contribution < -0.4 is 10.2 Å². The number of nitrogens with zero attached hydrogens (tertiary/aromatic N) is 3. The first kappa shape index (κ1) is 13.3. The molecule has 100 valence electrons. The maximum Gasteiger partial charge on any atom is 0.128 e. The van der Waals surface area contributed by atoms with Crippen LogP contribution in [-0.2, 0) is 6.54 Å². The average Bonchev–Trinajstić information content (AvgIpc) is 2.41. The van der Waals surface area contributed by atoms with Gasteiger partial charge in [0.25, 0.3) is 0 Å². The zero-order valence-electron chi connectivity index (χ0n) is 11.7. The maximum absolute atomic E-state index is 4.73. The third-order valence-electron chi connectivity index (χ3n) is 3.69. The van der Waals surface area contributed by atoms with E-state index in [2.05, 4.69) is 41.1 Å². The third kappa shape index (κ3) is 3.00. The van der Waals surface area contributed by atoms with Crippen LogP contribution in [0.1, 0.15) is 18.2 Å². The van der Waals surface area contributed by atoms with E-state index in [4.69, 9.17) is 4.98 Å². The Labute approximate surface area is 110 Å². The molecular formula is C14H24N4. The van der Waals surface area contributed by atoms with Gasteiger partial charge in [-0.2, -0.15) is 0 Å². The van der Waals surface area contributed by atoms with Gasteiger partial charge in [-0.1, -0.05) is 13.0 Å². The van der Waals surface area contributed by atoms with Crippen LogP contribution in [-0.4, -0.2) is 49.7 Å².